The van der Waals surface area contributed by atoms with Crippen LogP contribution in [-0.2, 0) is 0 Å². The van der Waals surface area contributed by atoms with E-state index < -0.39 is 0 Å². The second-order valence-corrected chi connectivity index (χ2v) is 5.82. The Labute approximate surface area is 127 Å². The van der Waals surface area contributed by atoms with Crippen LogP contribution in [0.2, 0.25) is 0 Å². The van der Waals surface area contributed by atoms with Crippen molar-refractivity contribution in [3.05, 3.63) is 57.1 Å². The van der Waals surface area contributed by atoms with Crippen LogP contribution in [0.15, 0.2) is 34.8 Å². The number of nitrogens with one attached hydrogen (secondary N) is 1. The SMILES string of the molecule is Cc1cc(C)c(C(=O)Nc2ccc(N)cc2Br)c(C)c1. The number of carbonyl (C=O) groups is 1. The third-order valence-corrected chi connectivity index (χ3v) is 3.80. The largest absolute Gasteiger partial charge is 0.399 e. The van der Waals surface area contributed by atoms with Crippen LogP contribution in [0.1, 0.15) is 27.0 Å². The van der Waals surface area contributed by atoms with E-state index in [1.807, 2.05) is 32.9 Å². The van der Waals surface area contributed by atoms with Crippen molar-refractivity contribution in [2.75, 3.05) is 11.1 Å². The minimum Gasteiger partial charge on any atom is -0.399 e. The highest BCUT2D eigenvalue weighted by Crippen LogP contribution is 2.26. The number of anilines is 2. The van der Waals surface area contributed by atoms with Crippen molar-refractivity contribution in [1.29, 1.82) is 0 Å². The van der Waals surface area contributed by atoms with Gasteiger partial charge in [0.25, 0.3) is 5.91 Å². The van der Waals surface area contributed by atoms with Gasteiger partial charge in [0.15, 0.2) is 0 Å². The predicted molar refractivity (Wildman–Crippen MR) is 87.2 cm³/mol. The molecule has 2 aromatic carbocycles. The second kappa shape index (κ2) is 5.67. The number of carbonyl (C=O) groups excluding carboxylic acids is 1. The van der Waals surface area contributed by atoms with E-state index in [0.717, 1.165) is 26.7 Å². The van der Waals surface area contributed by atoms with Gasteiger partial charge in [-0.25, -0.2) is 0 Å². The number of amides is 1. The van der Waals surface area contributed by atoms with Gasteiger partial charge in [0.05, 0.1) is 5.69 Å². The topological polar surface area (TPSA) is 55.1 Å². The zero-order valence-corrected chi connectivity index (χ0v) is 13.3. The fraction of sp³-hybridized carbons (Fsp3) is 0.188. The normalized spacial score (nSPS) is 10.4. The maximum Gasteiger partial charge on any atom is 0.256 e. The van der Waals surface area contributed by atoms with Gasteiger partial charge < -0.3 is 11.1 Å². The van der Waals surface area contributed by atoms with E-state index in [0.29, 0.717) is 11.4 Å². The molecule has 0 aliphatic carbocycles. The van der Waals surface area contributed by atoms with Crippen molar-refractivity contribution >= 4 is 33.2 Å². The standard InChI is InChI=1S/C16H17BrN2O/c1-9-6-10(2)15(11(3)7-9)16(20)19-14-5-4-12(18)8-13(14)17/h4-8H,18H2,1-3H3,(H,19,20). The average molecular weight is 333 g/mol. The van der Waals surface area contributed by atoms with Crippen LogP contribution in [0.25, 0.3) is 0 Å². The summed E-state index contributed by atoms with van der Waals surface area (Å²) in [6.07, 6.45) is 0. The van der Waals surface area contributed by atoms with Crippen molar-refractivity contribution in [3.63, 3.8) is 0 Å². The molecule has 0 saturated heterocycles. The molecule has 3 N–H and O–H groups in total. The number of nitrogen functional groups attached to an aromatic ring is 1. The smallest absolute Gasteiger partial charge is 0.256 e. The highest BCUT2D eigenvalue weighted by Gasteiger charge is 2.14. The molecule has 0 aromatic heterocycles. The molecule has 2 rings (SSSR count). The Bertz CT molecular complexity index is 657. The summed E-state index contributed by atoms with van der Waals surface area (Å²) in [6, 6.07) is 9.34. The highest BCUT2D eigenvalue weighted by atomic mass is 79.9. The van der Waals surface area contributed by atoms with Crippen molar-refractivity contribution in [2.45, 2.75) is 20.8 Å². The Morgan fingerprint density at radius 2 is 1.70 bits per heavy atom. The van der Waals surface area contributed by atoms with Gasteiger partial charge in [0, 0.05) is 15.7 Å². The van der Waals surface area contributed by atoms with E-state index >= 15 is 0 Å². The summed E-state index contributed by atoms with van der Waals surface area (Å²) in [7, 11) is 0. The first-order chi connectivity index (χ1) is 9.38. The fourth-order valence-corrected chi connectivity index (χ4v) is 2.85. The van der Waals surface area contributed by atoms with Crippen LogP contribution in [0.4, 0.5) is 11.4 Å². The molecule has 0 aliphatic rings. The van der Waals surface area contributed by atoms with Crippen molar-refractivity contribution in [2.24, 2.45) is 0 Å². The summed E-state index contributed by atoms with van der Waals surface area (Å²) >= 11 is 3.40. The number of halogens is 1. The van der Waals surface area contributed by atoms with Gasteiger partial charge in [0.1, 0.15) is 0 Å². The number of hydrogen-bond acceptors (Lipinski definition) is 2. The van der Waals surface area contributed by atoms with Crippen molar-refractivity contribution < 1.29 is 4.79 Å². The van der Waals surface area contributed by atoms with Gasteiger partial charge in [-0.1, -0.05) is 17.7 Å². The van der Waals surface area contributed by atoms with Crippen LogP contribution >= 0.6 is 15.9 Å². The summed E-state index contributed by atoms with van der Waals surface area (Å²) in [6.45, 7) is 5.93. The lowest BCUT2D eigenvalue weighted by Crippen LogP contribution is -2.15. The zero-order chi connectivity index (χ0) is 14.9. The molecule has 0 aliphatic heterocycles. The Hall–Kier alpha value is -1.81. The molecule has 0 radical (unpaired) electrons. The summed E-state index contributed by atoms with van der Waals surface area (Å²) in [4.78, 5) is 12.4. The summed E-state index contributed by atoms with van der Waals surface area (Å²) in [5, 5.41) is 2.91. The lowest BCUT2D eigenvalue weighted by molar-refractivity contribution is 0.102. The third kappa shape index (κ3) is 3.02. The predicted octanol–water partition coefficient (Wildman–Crippen LogP) is 4.21. The van der Waals surface area contributed by atoms with E-state index in [1.54, 1.807) is 18.2 Å². The van der Waals surface area contributed by atoms with E-state index in [1.165, 1.54) is 0 Å². The Balaban J connectivity index is 2.33. The zero-order valence-electron chi connectivity index (χ0n) is 11.8. The highest BCUT2D eigenvalue weighted by molar-refractivity contribution is 9.10. The van der Waals surface area contributed by atoms with Gasteiger partial charge in [0.2, 0.25) is 0 Å². The van der Waals surface area contributed by atoms with Crippen LogP contribution in [0, 0.1) is 20.8 Å². The van der Waals surface area contributed by atoms with E-state index in [9.17, 15) is 4.79 Å². The van der Waals surface area contributed by atoms with Crippen LogP contribution in [-0.4, -0.2) is 5.91 Å². The molecular formula is C16H17BrN2O. The molecule has 0 fully saturated rings. The maximum absolute atomic E-state index is 12.4. The molecule has 0 unspecified atom stereocenters. The molecule has 0 bridgehead atoms. The molecule has 0 saturated carbocycles. The van der Waals surface area contributed by atoms with Crippen molar-refractivity contribution in [3.8, 4) is 0 Å². The lowest BCUT2D eigenvalue weighted by atomic mass is 9.99. The second-order valence-electron chi connectivity index (χ2n) is 4.97. The van der Waals surface area contributed by atoms with E-state index in [2.05, 4.69) is 21.2 Å². The summed E-state index contributed by atoms with van der Waals surface area (Å²) < 4.78 is 0.772. The molecule has 104 valence electrons. The Kier molecular flexibility index (Phi) is 4.14. The average Bonchev–Trinajstić information content (AvgIpc) is 2.31. The van der Waals surface area contributed by atoms with Gasteiger partial charge in [-0.15, -0.1) is 0 Å². The fourth-order valence-electron chi connectivity index (χ4n) is 2.36. The molecule has 0 atom stereocenters. The first-order valence-electron chi connectivity index (χ1n) is 6.32. The Morgan fingerprint density at radius 1 is 1.10 bits per heavy atom. The summed E-state index contributed by atoms with van der Waals surface area (Å²) in [5.41, 5.74) is 10.9. The lowest BCUT2D eigenvalue weighted by Gasteiger charge is -2.13. The minimum absolute atomic E-state index is 0.106. The monoisotopic (exact) mass is 332 g/mol. The minimum atomic E-state index is -0.106. The van der Waals surface area contributed by atoms with Crippen LogP contribution < -0.4 is 11.1 Å². The number of rotatable bonds is 2. The van der Waals surface area contributed by atoms with Gasteiger partial charge in [-0.05, 0) is 66.0 Å². The molecule has 20 heavy (non-hydrogen) atoms. The third-order valence-electron chi connectivity index (χ3n) is 3.15. The van der Waals surface area contributed by atoms with Crippen LogP contribution in [0.3, 0.4) is 0 Å². The first-order valence-corrected chi connectivity index (χ1v) is 7.12. The van der Waals surface area contributed by atoms with Gasteiger partial charge >= 0.3 is 0 Å². The first kappa shape index (κ1) is 14.6. The number of hydrogen-bond donors (Lipinski definition) is 2. The molecule has 2 aromatic rings. The Morgan fingerprint density at radius 3 is 2.25 bits per heavy atom. The molecular weight excluding hydrogens is 316 g/mol. The van der Waals surface area contributed by atoms with E-state index in [4.69, 9.17) is 5.73 Å². The molecule has 4 heteroatoms. The number of nitrogens with two attached hydrogens (primary N) is 1. The molecule has 1 amide bonds. The van der Waals surface area contributed by atoms with Crippen LogP contribution in [0.5, 0.6) is 0 Å². The number of aryl methyl sites for hydroxylation is 3. The summed E-state index contributed by atoms with van der Waals surface area (Å²) in [5.74, 6) is -0.106. The molecule has 3 nitrogen and oxygen atoms in total. The molecule has 0 heterocycles. The van der Waals surface area contributed by atoms with E-state index in [-0.39, 0.29) is 5.91 Å². The van der Waals surface area contributed by atoms with Gasteiger partial charge in [-0.3, -0.25) is 4.79 Å². The molecule has 0 spiro atoms. The maximum atomic E-state index is 12.4. The quantitative estimate of drug-likeness (QED) is 0.809. The number of benzene rings is 2. The van der Waals surface area contributed by atoms with Gasteiger partial charge in [-0.2, -0.15) is 0 Å². The van der Waals surface area contributed by atoms with Crippen molar-refractivity contribution in [1.82, 2.24) is 0 Å².